The van der Waals surface area contributed by atoms with Crippen LogP contribution >= 0.6 is 0 Å². The Labute approximate surface area is 187 Å². The van der Waals surface area contributed by atoms with E-state index >= 15 is 0 Å². The van der Waals surface area contributed by atoms with Gasteiger partial charge in [-0.05, 0) is 60.9 Å². The van der Waals surface area contributed by atoms with Crippen LogP contribution in [0.25, 0.3) is 22.2 Å². The van der Waals surface area contributed by atoms with Gasteiger partial charge in [-0.3, -0.25) is 4.79 Å². The summed E-state index contributed by atoms with van der Waals surface area (Å²) in [6.45, 7) is 0.731. The number of benzene rings is 3. The van der Waals surface area contributed by atoms with Crippen molar-refractivity contribution < 1.29 is 27.5 Å². The summed E-state index contributed by atoms with van der Waals surface area (Å²) in [4.78, 5) is 19.6. The van der Waals surface area contributed by atoms with Crippen LogP contribution in [0.15, 0.2) is 59.0 Å². The second-order valence-electron chi connectivity index (χ2n) is 8.08. The number of hydrogen-bond acceptors (Lipinski definition) is 5. The number of oxazole rings is 1. The fourth-order valence-electron chi connectivity index (χ4n) is 4.44. The molecule has 0 radical (unpaired) electrons. The van der Waals surface area contributed by atoms with E-state index in [-0.39, 0.29) is 24.3 Å². The molecule has 2 aliphatic rings. The van der Waals surface area contributed by atoms with Crippen molar-refractivity contribution in [2.24, 2.45) is 0 Å². The zero-order valence-corrected chi connectivity index (χ0v) is 17.4. The van der Waals surface area contributed by atoms with Gasteiger partial charge in [-0.1, -0.05) is 6.07 Å². The number of likely N-dealkylation sites (tertiary alicyclic amines) is 1. The summed E-state index contributed by atoms with van der Waals surface area (Å²) in [5.74, 6) is 0.209. The molecule has 8 heteroatoms. The molecule has 3 aromatic carbocycles. The molecular formula is C25H18F2N2O4. The van der Waals surface area contributed by atoms with Gasteiger partial charge in [0.1, 0.15) is 23.2 Å². The highest BCUT2D eigenvalue weighted by Crippen LogP contribution is 2.37. The van der Waals surface area contributed by atoms with Crippen molar-refractivity contribution in [2.45, 2.75) is 18.9 Å². The number of amides is 1. The van der Waals surface area contributed by atoms with Crippen LogP contribution in [0.2, 0.25) is 0 Å². The fraction of sp³-hybridized carbons (Fsp3) is 0.200. The SMILES string of the molecule is O=C(c1ccc2c(c1)OCO2)N1CCC[C@H]1c1nc2cc(-c3ccc(F)cc3F)ccc2o1. The molecule has 0 saturated carbocycles. The minimum atomic E-state index is -0.644. The maximum atomic E-state index is 14.2. The van der Waals surface area contributed by atoms with E-state index < -0.39 is 11.6 Å². The molecule has 2 aliphatic heterocycles. The third-order valence-electron chi connectivity index (χ3n) is 6.06. The predicted octanol–water partition coefficient (Wildman–Crippen LogP) is 5.48. The lowest BCUT2D eigenvalue weighted by atomic mass is 10.0. The van der Waals surface area contributed by atoms with Crippen molar-refractivity contribution in [3.05, 3.63) is 77.7 Å². The Morgan fingerprint density at radius 2 is 1.88 bits per heavy atom. The topological polar surface area (TPSA) is 64.8 Å². The van der Waals surface area contributed by atoms with Crippen LogP contribution in [0.3, 0.4) is 0 Å². The Balaban J connectivity index is 1.31. The molecule has 1 atom stereocenters. The van der Waals surface area contributed by atoms with Gasteiger partial charge in [-0.15, -0.1) is 0 Å². The Morgan fingerprint density at radius 1 is 1.00 bits per heavy atom. The zero-order chi connectivity index (χ0) is 22.5. The lowest BCUT2D eigenvalue weighted by Crippen LogP contribution is -2.30. The van der Waals surface area contributed by atoms with E-state index in [4.69, 9.17) is 13.9 Å². The molecule has 33 heavy (non-hydrogen) atoms. The van der Waals surface area contributed by atoms with Gasteiger partial charge in [-0.25, -0.2) is 13.8 Å². The van der Waals surface area contributed by atoms with E-state index in [0.29, 0.717) is 46.2 Å². The molecule has 1 aromatic heterocycles. The summed E-state index contributed by atoms with van der Waals surface area (Å²) in [6, 6.07) is 13.4. The lowest BCUT2D eigenvalue weighted by molar-refractivity contribution is 0.0716. The maximum Gasteiger partial charge on any atom is 0.254 e. The summed E-state index contributed by atoms with van der Waals surface area (Å²) < 4.78 is 44.2. The van der Waals surface area contributed by atoms with Gasteiger partial charge < -0.3 is 18.8 Å². The first-order valence-corrected chi connectivity index (χ1v) is 10.6. The number of rotatable bonds is 3. The van der Waals surface area contributed by atoms with Crippen molar-refractivity contribution in [3.63, 3.8) is 0 Å². The number of ether oxygens (including phenoxy) is 2. The van der Waals surface area contributed by atoms with Gasteiger partial charge in [-0.2, -0.15) is 0 Å². The van der Waals surface area contributed by atoms with Crippen LogP contribution in [-0.4, -0.2) is 29.1 Å². The van der Waals surface area contributed by atoms with Crippen molar-refractivity contribution in [2.75, 3.05) is 13.3 Å². The summed E-state index contributed by atoms with van der Waals surface area (Å²) in [5.41, 5.74) is 2.45. The molecule has 0 unspecified atom stereocenters. The van der Waals surface area contributed by atoms with E-state index in [1.807, 2.05) is 0 Å². The van der Waals surface area contributed by atoms with Gasteiger partial charge in [0, 0.05) is 23.7 Å². The van der Waals surface area contributed by atoms with Crippen LogP contribution in [0.4, 0.5) is 8.78 Å². The standard InChI is InChI=1S/C25H18F2N2O4/c26-16-5-6-17(18(27)12-16)14-3-7-21-19(10-14)28-24(33-21)20-2-1-9-29(20)25(30)15-4-8-22-23(11-15)32-13-31-22/h3-8,10-12,20H,1-2,9,13H2/t20-/m0/s1. The molecule has 0 N–H and O–H groups in total. The minimum Gasteiger partial charge on any atom is -0.454 e. The molecule has 0 bridgehead atoms. The third kappa shape index (κ3) is 3.38. The number of hydrogen-bond donors (Lipinski definition) is 0. The second-order valence-corrected chi connectivity index (χ2v) is 8.08. The molecule has 4 aromatic rings. The monoisotopic (exact) mass is 448 g/mol. The van der Waals surface area contributed by atoms with Gasteiger partial charge in [0.25, 0.3) is 5.91 Å². The molecule has 6 rings (SSSR count). The summed E-state index contributed by atoms with van der Waals surface area (Å²) in [7, 11) is 0. The van der Waals surface area contributed by atoms with Crippen LogP contribution < -0.4 is 9.47 Å². The Hall–Kier alpha value is -3.94. The smallest absolute Gasteiger partial charge is 0.254 e. The molecule has 6 nitrogen and oxygen atoms in total. The van der Waals surface area contributed by atoms with Crippen LogP contribution in [0, 0.1) is 11.6 Å². The highest BCUT2D eigenvalue weighted by atomic mass is 19.1. The van der Waals surface area contributed by atoms with Crippen molar-refractivity contribution in [1.29, 1.82) is 0 Å². The summed E-state index contributed by atoms with van der Waals surface area (Å²) >= 11 is 0. The lowest BCUT2D eigenvalue weighted by Gasteiger charge is -2.22. The normalized spacial score (nSPS) is 17.2. The minimum absolute atomic E-state index is 0.132. The molecule has 3 heterocycles. The molecule has 0 aliphatic carbocycles. The Bertz CT molecular complexity index is 1400. The van der Waals surface area contributed by atoms with Crippen LogP contribution in [-0.2, 0) is 0 Å². The largest absolute Gasteiger partial charge is 0.454 e. The second kappa shape index (κ2) is 7.58. The first-order chi connectivity index (χ1) is 16.1. The number of carbonyl (C=O) groups is 1. The van der Waals surface area contributed by atoms with E-state index in [1.54, 1.807) is 41.3 Å². The van der Waals surface area contributed by atoms with E-state index in [9.17, 15) is 13.6 Å². The predicted molar refractivity (Wildman–Crippen MR) is 115 cm³/mol. The van der Waals surface area contributed by atoms with Gasteiger partial charge in [0.2, 0.25) is 12.7 Å². The first-order valence-electron chi connectivity index (χ1n) is 10.6. The van der Waals surface area contributed by atoms with E-state index in [0.717, 1.165) is 18.9 Å². The van der Waals surface area contributed by atoms with Crippen molar-refractivity contribution in [1.82, 2.24) is 9.88 Å². The number of fused-ring (bicyclic) bond motifs is 2. The Morgan fingerprint density at radius 3 is 2.76 bits per heavy atom. The Kier molecular flexibility index (Phi) is 4.53. The third-order valence-corrected chi connectivity index (χ3v) is 6.06. The van der Waals surface area contributed by atoms with E-state index in [2.05, 4.69) is 4.98 Å². The van der Waals surface area contributed by atoms with Crippen LogP contribution in [0.1, 0.15) is 35.1 Å². The molecule has 166 valence electrons. The highest BCUT2D eigenvalue weighted by molar-refractivity contribution is 5.95. The fourth-order valence-corrected chi connectivity index (χ4v) is 4.44. The molecule has 1 saturated heterocycles. The zero-order valence-electron chi connectivity index (χ0n) is 17.4. The number of carbonyl (C=O) groups excluding carboxylic acids is 1. The van der Waals surface area contributed by atoms with Crippen molar-refractivity contribution >= 4 is 17.0 Å². The van der Waals surface area contributed by atoms with Crippen LogP contribution in [0.5, 0.6) is 11.5 Å². The summed E-state index contributed by atoms with van der Waals surface area (Å²) in [6.07, 6.45) is 1.55. The number of nitrogens with zero attached hydrogens (tertiary/aromatic N) is 2. The average molecular weight is 448 g/mol. The summed E-state index contributed by atoms with van der Waals surface area (Å²) in [5, 5.41) is 0. The molecule has 1 amide bonds. The van der Waals surface area contributed by atoms with Gasteiger partial charge in [0.05, 0.1) is 0 Å². The first kappa shape index (κ1) is 19.7. The molecular weight excluding hydrogens is 430 g/mol. The number of aromatic nitrogens is 1. The van der Waals surface area contributed by atoms with Gasteiger partial charge >= 0.3 is 0 Å². The quantitative estimate of drug-likeness (QED) is 0.415. The molecule has 1 fully saturated rings. The van der Waals surface area contributed by atoms with E-state index in [1.165, 1.54) is 12.1 Å². The number of halogens is 2. The average Bonchev–Trinajstić information content (AvgIpc) is 3.56. The van der Waals surface area contributed by atoms with Gasteiger partial charge in [0.15, 0.2) is 17.1 Å². The molecule has 0 spiro atoms. The highest BCUT2D eigenvalue weighted by Gasteiger charge is 2.34. The maximum absolute atomic E-state index is 14.2. The van der Waals surface area contributed by atoms with Crippen molar-refractivity contribution in [3.8, 4) is 22.6 Å².